The van der Waals surface area contributed by atoms with Crippen LogP contribution in [0.3, 0.4) is 0 Å². The van der Waals surface area contributed by atoms with Crippen LogP contribution in [-0.2, 0) is 15.1 Å². The molecule has 0 aliphatic carbocycles. The number of para-hydroxylation sites is 1. The Morgan fingerprint density at radius 2 is 1.57 bits per heavy atom. The second-order valence-corrected chi connectivity index (χ2v) is 8.92. The molecule has 0 saturated heterocycles. The maximum absolute atomic E-state index is 5.48. The Bertz CT molecular complexity index is 382. The standard InChI is InChI=1S/C10H13O.C5H13N2S2.2ClH.Ru/c1-8(2)11-10-7-5-4-6-9(10)3;1-6(8-3)5-7(2)9-4;;;/h4-8H,3H2,1-2H3;5H,1-4H3;2*1H;/q2*-1;;;+4/p-2. The number of halogens is 2. The molecule has 3 nitrogen and oxygen atoms in total. The molecule has 0 saturated carbocycles. The predicted molar refractivity (Wildman–Crippen MR) is 105 cm³/mol. The molecular weight excluding hydrogens is 460 g/mol. The third-order valence-electron chi connectivity index (χ3n) is 2.24. The molecule has 0 spiro atoms. The van der Waals surface area contributed by atoms with Crippen LogP contribution in [-0.4, -0.2) is 41.3 Å². The molecule has 1 rings (SSSR count). The average Bonchev–Trinajstić information content (AvgIpc) is 2.50. The van der Waals surface area contributed by atoms with E-state index in [-0.39, 0.29) is 21.2 Å². The van der Waals surface area contributed by atoms with Gasteiger partial charge in [-0.1, -0.05) is 12.1 Å². The average molecular weight is 486 g/mol. The quantitative estimate of drug-likeness (QED) is 0.297. The number of rotatable bonds is 6. The van der Waals surface area contributed by atoms with Crippen LogP contribution in [0.2, 0.25) is 0 Å². The summed E-state index contributed by atoms with van der Waals surface area (Å²) >= 11 is 3.04. The number of hydrogen-bond donors (Lipinski definition) is 0. The molecule has 0 aromatic heterocycles. The summed E-state index contributed by atoms with van der Waals surface area (Å²) in [6, 6.07) is 7.78. The normalized spacial score (nSPS) is 10.0. The maximum atomic E-state index is 5.48. The monoisotopic (exact) mass is 486 g/mol. The molecule has 23 heavy (non-hydrogen) atoms. The number of hydrogen-bond acceptors (Lipinski definition) is 5. The predicted octanol–water partition coefficient (Wildman–Crippen LogP) is 5.56. The molecule has 0 fully saturated rings. The van der Waals surface area contributed by atoms with Gasteiger partial charge in [-0.25, -0.2) is 0 Å². The Hall–Kier alpha value is 0.713. The minimum absolute atomic E-state index is 0.220. The van der Waals surface area contributed by atoms with E-state index < -0.39 is 0 Å². The molecule has 0 atom stereocenters. The van der Waals surface area contributed by atoms with Crippen molar-refractivity contribution in [1.29, 1.82) is 0 Å². The van der Waals surface area contributed by atoms with Crippen molar-refractivity contribution in [3.63, 3.8) is 0 Å². The van der Waals surface area contributed by atoms with Crippen LogP contribution in [0.25, 0.3) is 0 Å². The van der Waals surface area contributed by atoms with Gasteiger partial charge in [-0.3, -0.25) is 0 Å². The molecule has 0 N–H and O–H groups in total. The van der Waals surface area contributed by atoms with Crippen LogP contribution < -0.4 is 4.74 Å². The van der Waals surface area contributed by atoms with Crippen LogP contribution in [0.4, 0.5) is 0 Å². The zero-order valence-electron chi connectivity index (χ0n) is 14.4. The second kappa shape index (κ2) is 17.5. The van der Waals surface area contributed by atoms with Crippen molar-refractivity contribution in [2.24, 2.45) is 0 Å². The molecule has 1 aromatic rings. The molecule has 0 aliphatic rings. The van der Waals surface area contributed by atoms with Gasteiger partial charge in [0.25, 0.3) is 0 Å². The van der Waals surface area contributed by atoms with Gasteiger partial charge >= 0.3 is 34.5 Å². The van der Waals surface area contributed by atoms with E-state index >= 15 is 0 Å². The molecule has 0 amide bonds. The first kappa shape index (κ1) is 25.9. The summed E-state index contributed by atoms with van der Waals surface area (Å²) in [5.74, 6) is 0.877. The Balaban J connectivity index is 0. The summed E-state index contributed by atoms with van der Waals surface area (Å²) in [4.78, 5) is 0. The van der Waals surface area contributed by atoms with Gasteiger partial charge in [-0.15, -0.1) is 30.0 Å². The Morgan fingerprint density at radius 3 is 1.91 bits per heavy atom. The van der Waals surface area contributed by atoms with E-state index in [1.165, 1.54) is 0 Å². The van der Waals surface area contributed by atoms with Gasteiger partial charge in [-0.05, 0) is 40.5 Å². The summed E-state index contributed by atoms with van der Waals surface area (Å²) in [5.41, 5.74) is 0.946. The van der Waals surface area contributed by atoms with E-state index in [9.17, 15) is 0 Å². The zero-order chi connectivity index (χ0) is 18.3. The van der Waals surface area contributed by atoms with Gasteiger partial charge in [-0.2, -0.15) is 25.2 Å². The molecule has 0 bridgehead atoms. The van der Waals surface area contributed by atoms with Crippen LogP contribution in [0.1, 0.15) is 19.4 Å². The van der Waals surface area contributed by atoms with Crippen LogP contribution in [0.5, 0.6) is 5.75 Å². The van der Waals surface area contributed by atoms with Gasteiger partial charge in [0, 0.05) is 5.75 Å². The van der Waals surface area contributed by atoms with E-state index in [1.807, 2.05) is 71.4 Å². The van der Waals surface area contributed by atoms with E-state index in [1.54, 1.807) is 23.9 Å². The number of benzene rings is 1. The molecule has 136 valence electrons. The molecule has 0 unspecified atom stereocenters. The second-order valence-electron chi connectivity index (χ2n) is 4.40. The van der Waals surface area contributed by atoms with Gasteiger partial charge in [0.15, 0.2) is 0 Å². The van der Waals surface area contributed by atoms with Crippen molar-refractivity contribution in [3.8, 4) is 5.75 Å². The summed E-state index contributed by atoms with van der Waals surface area (Å²) in [6.45, 7) is 9.90. The Labute approximate surface area is 166 Å². The first-order valence-electron chi connectivity index (χ1n) is 6.64. The van der Waals surface area contributed by atoms with E-state index in [2.05, 4.69) is 15.5 Å². The molecule has 0 aliphatic heterocycles. The van der Waals surface area contributed by atoms with Crippen molar-refractivity contribution in [1.82, 2.24) is 8.61 Å². The fraction of sp³-hybridized carbons (Fsp3) is 0.467. The van der Waals surface area contributed by atoms with Crippen LogP contribution in [0, 0.1) is 13.6 Å². The van der Waals surface area contributed by atoms with E-state index in [0.29, 0.717) is 0 Å². The van der Waals surface area contributed by atoms with Crippen molar-refractivity contribution in [2.45, 2.75) is 20.0 Å². The SMILES string of the molecule is CSN(C)[CH-]N(C)SC.[CH2-]c1ccccc1OC(C)C.[Cl][Ru+2][Cl]. The number of nitrogens with zero attached hydrogens (tertiary/aromatic N) is 2. The van der Waals surface area contributed by atoms with E-state index in [0.717, 1.165) is 11.3 Å². The van der Waals surface area contributed by atoms with Crippen LogP contribution >= 0.6 is 43.3 Å². The molecule has 8 heteroatoms. The van der Waals surface area contributed by atoms with Crippen molar-refractivity contribution in [2.75, 3.05) is 26.6 Å². The summed E-state index contributed by atoms with van der Waals surface area (Å²) in [7, 11) is 13.8. The molecule has 0 radical (unpaired) electrons. The topological polar surface area (TPSA) is 15.7 Å². The first-order chi connectivity index (χ1) is 10.8. The van der Waals surface area contributed by atoms with Crippen molar-refractivity contribution < 1.29 is 19.9 Å². The van der Waals surface area contributed by atoms with Gasteiger partial charge in [0.1, 0.15) is 0 Å². The van der Waals surface area contributed by atoms with Gasteiger partial charge in [0.05, 0.1) is 6.10 Å². The Morgan fingerprint density at radius 1 is 1.13 bits per heavy atom. The third-order valence-corrected chi connectivity index (χ3v) is 3.58. The minimum atomic E-state index is -0.346. The van der Waals surface area contributed by atoms with Gasteiger partial charge < -0.3 is 13.3 Å². The van der Waals surface area contributed by atoms with Gasteiger partial charge in [0.2, 0.25) is 0 Å². The number of ether oxygens (including phenoxy) is 1. The summed E-state index contributed by atoms with van der Waals surface area (Å²) < 4.78 is 9.59. The van der Waals surface area contributed by atoms with E-state index in [4.69, 9.17) is 24.1 Å². The first-order valence-corrected chi connectivity index (χ1v) is 13.5. The fourth-order valence-electron chi connectivity index (χ4n) is 1.20. The molecular formula is C15H26Cl2N2ORuS2. The Kier molecular flexibility index (Phi) is 19.8. The van der Waals surface area contributed by atoms with Crippen molar-refractivity contribution in [3.05, 3.63) is 43.4 Å². The fourth-order valence-corrected chi connectivity index (χ4v) is 1.73. The zero-order valence-corrected chi connectivity index (χ0v) is 19.3. The third kappa shape index (κ3) is 17.3. The van der Waals surface area contributed by atoms with Crippen LogP contribution in [0.15, 0.2) is 24.3 Å². The molecule has 1 aromatic carbocycles. The summed E-state index contributed by atoms with van der Waals surface area (Å²) in [5, 5.41) is 0. The van der Waals surface area contributed by atoms with Crippen molar-refractivity contribution >= 4 is 43.3 Å². The summed E-state index contributed by atoms with van der Waals surface area (Å²) in [6.07, 6.45) is 4.31. The molecule has 0 heterocycles.